The number of amides is 2. The van der Waals surface area contributed by atoms with Crippen LogP contribution in [0.1, 0.15) is 32.6 Å². The number of nitrogens with one attached hydrogen (secondary N) is 1. The van der Waals surface area contributed by atoms with Crippen molar-refractivity contribution in [2.45, 2.75) is 32.6 Å². The van der Waals surface area contributed by atoms with Crippen molar-refractivity contribution in [3.8, 4) is 0 Å². The van der Waals surface area contributed by atoms with Gasteiger partial charge in [-0.1, -0.05) is 0 Å². The molecule has 2 amide bonds. The Labute approximate surface area is 83.0 Å². The summed E-state index contributed by atoms with van der Waals surface area (Å²) in [5, 5.41) is 2.37. The van der Waals surface area contributed by atoms with E-state index in [-0.39, 0.29) is 18.2 Å². The molecule has 0 heterocycles. The second-order valence-corrected chi connectivity index (χ2v) is 3.15. The number of Topliss-reactive ketones (excluding diaryl/α,β-unsaturated/α-hetero) is 1. The molecule has 0 bridgehead atoms. The molecule has 0 spiro atoms. The van der Waals surface area contributed by atoms with Crippen molar-refractivity contribution >= 4 is 17.6 Å². The van der Waals surface area contributed by atoms with E-state index in [2.05, 4.69) is 5.32 Å². The molecule has 0 aromatic carbocycles. The van der Waals surface area contributed by atoms with Crippen LogP contribution in [0.4, 0.5) is 0 Å². The van der Waals surface area contributed by atoms with Crippen LogP contribution in [0.15, 0.2) is 0 Å². The van der Waals surface area contributed by atoms with Crippen molar-refractivity contribution in [3.63, 3.8) is 0 Å². The second kappa shape index (κ2) is 7.06. The van der Waals surface area contributed by atoms with Crippen molar-refractivity contribution in [2.24, 2.45) is 5.73 Å². The Morgan fingerprint density at radius 2 is 1.71 bits per heavy atom. The van der Waals surface area contributed by atoms with E-state index in [4.69, 9.17) is 5.73 Å². The smallest absolute Gasteiger partial charge is 0.236 e. The molecule has 0 aliphatic carbocycles. The highest BCUT2D eigenvalue weighted by Gasteiger charge is 2.02. The topological polar surface area (TPSA) is 89.3 Å². The molecule has 0 aliphatic heterocycles. The van der Waals surface area contributed by atoms with Gasteiger partial charge in [-0.2, -0.15) is 0 Å². The standard InChI is InChI=1S/C9H16N2O3/c1-7(12)4-2-3-5-9(14)11-6-8(10)13/h2-6H2,1H3,(H2,10,13)(H,11,14). The second-order valence-electron chi connectivity index (χ2n) is 3.15. The highest BCUT2D eigenvalue weighted by molar-refractivity contribution is 5.83. The number of unbranched alkanes of at least 4 members (excludes halogenated alkanes) is 1. The summed E-state index contributed by atoms with van der Waals surface area (Å²) in [5.41, 5.74) is 4.84. The van der Waals surface area contributed by atoms with Crippen molar-refractivity contribution in [3.05, 3.63) is 0 Å². The molecule has 0 saturated heterocycles. The van der Waals surface area contributed by atoms with Gasteiger partial charge in [0, 0.05) is 12.8 Å². The summed E-state index contributed by atoms with van der Waals surface area (Å²) in [6, 6.07) is 0. The zero-order chi connectivity index (χ0) is 11.0. The molecule has 0 aromatic rings. The number of carbonyl (C=O) groups is 3. The SMILES string of the molecule is CC(=O)CCCCC(=O)NCC(N)=O. The van der Waals surface area contributed by atoms with Gasteiger partial charge in [0.25, 0.3) is 0 Å². The van der Waals surface area contributed by atoms with E-state index in [0.29, 0.717) is 25.7 Å². The molecular weight excluding hydrogens is 184 g/mol. The normalized spacial score (nSPS) is 9.50. The lowest BCUT2D eigenvalue weighted by Crippen LogP contribution is -2.33. The third-order valence-corrected chi connectivity index (χ3v) is 1.64. The summed E-state index contributed by atoms with van der Waals surface area (Å²) in [4.78, 5) is 31.8. The lowest BCUT2D eigenvalue weighted by atomic mass is 10.1. The quantitative estimate of drug-likeness (QED) is 0.555. The minimum absolute atomic E-state index is 0.120. The minimum Gasteiger partial charge on any atom is -0.368 e. The Balaban J connectivity index is 3.36. The summed E-state index contributed by atoms with van der Waals surface area (Å²) in [5.74, 6) is -0.628. The van der Waals surface area contributed by atoms with Gasteiger partial charge in [0.05, 0.1) is 6.54 Å². The molecule has 3 N–H and O–H groups in total. The number of hydrogen-bond donors (Lipinski definition) is 2. The van der Waals surface area contributed by atoms with Crippen LogP contribution < -0.4 is 11.1 Å². The van der Waals surface area contributed by atoms with Crippen molar-refractivity contribution < 1.29 is 14.4 Å². The maximum atomic E-state index is 11.0. The van der Waals surface area contributed by atoms with Crippen LogP contribution in [0.2, 0.25) is 0 Å². The van der Waals surface area contributed by atoms with Gasteiger partial charge in [-0.05, 0) is 19.8 Å². The van der Waals surface area contributed by atoms with E-state index >= 15 is 0 Å². The number of nitrogens with two attached hydrogens (primary N) is 1. The van der Waals surface area contributed by atoms with Gasteiger partial charge in [0.15, 0.2) is 0 Å². The molecule has 14 heavy (non-hydrogen) atoms. The maximum absolute atomic E-state index is 11.0. The van der Waals surface area contributed by atoms with Crippen molar-refractivity contribution in [1.82, 2.24) is 5.32 Å². The number of carbonyl (C=O) groups excluding carboxylic acids is 3. The number of rotatable bonds is 7. The fourth-order valence-corrected chi connectivity index (χ4v) is 0.934. The summed E-state index contributed by atoms with van der Waals surface area (Å²) in [7, 11) is 0. The van der Waals surface area contributed by atoms with Crippen LogP contribution >= 0.6 is 0 Å². The van der Waals surface area contributed by atoms with Crippen molar-refractivity contribution in [1.29, 1.82) is 0 Å². The molecule has 5 heteroatoms. The number of ketones is 1. The first-order chi connectivity index (χ1) is 6.52. The van der Waals surface area contributed by atoms with Gasteiger partial charge in [0.2, 0.25) is 11.8 Å². The summed E-state index contributed by atoms with van der Waals surface area (Å²) >= 11 is 0. The molecule has 0 rings (SSSR count). The van der Waals surface area contributed by atoms with E-state index in [1.165, 1.54) is 6.92 Å². The summed E-state index contributed by atoms with van der Waals surface area (Å²) < 4.78 is 0. The molecule has 0 unspecified atom stereocenters. The molecule has 0 aromatic heterocycles. The third-order valence-electron chi connectivity index (χ3n) is 1.64. The molecule has 0 saturated carbocycles. The van der Waals surface area contributed by atoms with Crippen LogP contribution in [0.5, 0.6) is 0 Å². The van der Waals surface area contributed by atoms with Crippen molar-refractivity contribution in [2.75, 3.05) is 6.54 Å². The largest absolute Gasteiger partial charge is 0.368 e. The zero-order valence-electron chi connectivity index (χ0n) is 8.34. The Morgan fingerprint density at radius 1 is 1.14 bits per heavy atom. The average molecular weight is 200 g/mol. The molecule has 5 nitrogen and oxygen atoms in total. The number of primary amides is 1. The van der Waals surface area contributed by atoms with Crippen LogP contribution in [0.25, 0.3) is 0 Å². The highest BCUT2D eigenvalue weighted by Crippen LogP contribution is 1.99. The Morgan fingerprint density at radius 3 is 2.21 bits per heavy atom. The van der Waals surface area contributed by atoms with Gasteiger partial charge in [-0.3, -0.25) is 9.59 Å². The Bertz CT molecular complexity index is 226. The summed E-state index contributed by atoms with van der Waals surface area (Å²) in [6.07, 6.45) is 2.20. The van der Waals surface area contributed by atoms with E-state index < -0.39 is 5.91 Å². The minimum atomic E-state index is -0.554. The third kappa shape index (κ3) is 8.70. The molecule has 0 atom stereocenters. The monoisotopic (exact) mass is 200 g/mol. The predicted molar refractivity (Wildman–Crippen MR) is 51.4 cm³/mol. The van der Waals surface area contributed by atoms with Gasteiger partial charge in [0.1, 0.15) is 5.78 Å². The lowest BCUT2D eigenvalue weighted by molar-refractivity contribution is -0.125. The van der Waals surface area contributed by atoms with E-state index in [1.54, 1.807) is 0 Å². The first-order valence-electron chi connectivity index (χ1n) is 4.57. The molecule has 80 valence electrons. The highest BCUT2D eigenvalue weighted by atomic mass is 16.2. The first-order valence-corrected chi connectivity index (χ1v) is 4.57. The molecule has 0 aliphatic rings. The van der Waals surface area contributed by atoms with E-state index in [1.807, 2.05) is 0 Å². The first kappa shape index (κ1) is 12.6. The zero-order valence-corrected chi connectivity index (χ0v) is 8.34. The van der Waals surface area contributed by atoms with Crippen LogP contribution in [0.3, 0.4) is 0 Å². The fourth-order valence-electron chi connectivity index (χ4n) is 0.934. The van der Waals surface area contributed by atoms with Gasteiger partial charge in [-0.15, -0.1) is 0 Å². The molecule has 0 fully saturated rings. The molecular formula is C9H16N2O3. The van der Waals surface area contributed by atoms with Crippen LogP contribution in [-0.4, -0.2) is 24.1 Å². The Hall–Kier alpha value is -1.39. The summed E-state index contributed by atoms with van der Waals surface area (Å²) in [6.45, 7) is 1.40. The van der Waals surface area contributed by atoms with E-state index in [9.17, 15) is 14.4 Å². The van der Waals surface area contributed by atoms with Crippen LogP contribution in [-0.2, 0) is 14.4 Å². The average Bonchev–Trinajstić information content (AvgIpc) is 2.08. The van der Waals surface area contributed by atoms with Crippen LogP contribution in [0, 0.1) is 0 Å². The lowest BCUT2D eigenvalue weighted by Gasteiger charge is -2.01. The van der Waals surface area contributed by atoms with Gasteiger partial charge < -0.3 is 15.8 Å². The molecule has 0 radical (unpaired) electrons. The number of hydrogen-bond acceptors (Lipinski definition) is 3. The fraction of sp³-hybridized carbons (Fsp3) is 0.667. The van der Waals surface area contributed by atoms with Gasteiger partial charge >= 0.3 is 0 Å². The van der Waals surface area contributed by atoms with E-state index in [0.717, 1.165) is 0 Å². The van der Waals surface area contributed by atoms with Gasteiger partial charge in [-0.25, -0.2) is 0 Å². The maximum Gasteiger partial charge on any atom is 0.236 e. The Kier molecular flexibility index (Phi) is 6.36. The predicted octanol–water partition coefficient (Wildman–Crippen LogP) is -0.263.